The summed E-state index contributed by atoms with van der Waals surface area (Å²) in [6.07, 6.45) is 7.21. The van der Waals surface area contributed by atoms with E-state index in [0.717, 1.165) is 18.0 Å². The quantitative estimate of drug-likeness (QED) is 0.923. The van der Waals surface area contributed by atoms with E-state index in [1.165, 1.54) is 49.7 Å². The van der Waals surface area contributed by atoms with Crippen LogP contribution in [0.1, 0.15) is 50.3 Å². The van der Waals surface area contributed by atoms with Gasteiger partial charge >= 0.3 is 0 Å². The lowest BCUT2D eigenvalue weighted by Crippen LogP contribution is -2.31. The van der Waals surface area contributed by atoms with Gasteiger partial charge in [-0.2, -0.15) is 5.10 Å². The summed E-state index contributed by atoms with van der Waals surface area (Å²) in [5.41, 5.74) is 2.56. The number of benzene rings is 1. The molecular weight excluding hydrogens is 284 g/mol. The molecule has 0 bridgehead atoms. The van der Waals surface area contributed by atoms with Crippen molar-refractivity contribution < 1.29 is 0 Å². The molecule has 2 aromatic rings. The molecule has 1 N–H and O–H groups in total. The number of hydrogen-bond donors (Lipinski definition) is 1. The van der Waals surface area contributed by atoms with Crippen LogP contribution in [0.3, 0.4) is 0 Å². The molecule has 2 unspecified atom stereocenters. The van der Waals surface area contributed by atoms with Gasteiger partial charge in [0.05, 0.1) is 11.6 Å². The van der Waals surface area contributed by atoms with Crippen molar-refractivity contribution in [3.05, 3.63) is 30.0 Å². The molecule has 0 amide bonds. The van der Waals surface area contributed by atoms with Crippen molar-refractivity contribution in [2.75, 3.05) is 26.7 Å². The third kappa shape index (κ3) is 3.15. The van der Waals surface area contributed by atoms with Gasteiger partial charge in [-0.1, -0.05) is 19.1 Å². The zero-order valence-electron chi connectivity index (χ0n) is 14.3. The summed E-state index contributed by atoms with van der Waals surface area (Å²) in [6, 6.07) is 7.91. The lowest BCUT2D eigenvalue weighted by Gasteiger charge is -2.28. The summed E-state index contributed by atoms with van der Waals surface area (Å²) in [7, 11) is 2.21. The van der Waals surface area contributed by atoms with E-state index >= 15 is 0 Å². The molecule has 23 heavy (non-hydrogen) atoms. The monoisotopic (exact) mass is 312 g/mol. The number of aromatic nitrogens is 2. The van der Waals surface area contributed by atoms with E-state index in [0.29, 0.717) is 12.1 Å². The first-order valence-corrected chi connectivity index (χ1v) is 9.10. The zero-order chi connectivity index (χ0) is 15.8. The molecule has 1 aromatic carbocycles. The molecule has 4 rings (SSSR count). The molecule has 2 aliphatic heterocycles. The van der Waals surface area contributed by atoms with Gasteiger partial charge in [-0.3, -0.25) is 4.68 Å². The van der Waals surface area contributed by atoms with E-state index in [9.17, 15) is 0 Å². The van der Waals surface area contributed by atoms with Crippen molar-refractivity contribution in [1.82, 2.24) is 20.0 Å². The van der Waals surface area contributed by atoms with Gasteiger partial charge in [0.25, 0.3) is 0 Å². The van der Waals surface area contributed by atoms with E-state index in [2.05, 4.69) is 53.3 Å². The molecule has 124 valence electrons. The molecule has 4 nitrogen and oxygen atoms in total. The van der Waals surface area contributed by atoms with Crippen molar-refractivity contribution >= 4 is 10.9 Å². The maximum atomic E-state index is 4.90. The first-order valence-electron chi connectivity index (χ1n) is 9.10. The van der Waals surface area contributed by atoms with Crippen molar-refractivity contribution in [3.8, 4) is 0 Å². The Bertz CT molecular complexity index is 641. The first kappa shape index (κ1) is 15.2. The number of rotatable bonds is 2. The molecule has 2 atom stereocenters. The van der Waals surface area contributed by atoms with Crippen LogP contribution in [0.5, 0.6) is 0 Å². The van der Waals surface area contributed by atoms with Crippen LogP contribution < -0.4 is 5.32 Å². The van der Waals surface area contributed by atoms with Gasteiger partial charge in [0.15, 0.2) is 0 Å². The average Bonchev–Trinajstić information content (AvgIpc) is 2.99. The van der Waals surface area contributed by atoms with Crippen LogP contribution in [0.15, 0.2) is 24.4 Å². The number of nitrogens with zero attached hydrogens (tertiary/aromatic N) is 3. The van der Waals surface area contributed by atoms with Crippen molar-refractivity contribution in [1.29, 1.82) is 0 Å². The summed E-state index contributed by atoms with van der Waals surface area (Å²) in [6.45, 7) is 5.81. The first-order chi connectivity index (χ1) is 11.2. The summed E-state index contributed by atoms with van der Waals surface area (Å²) in [5.74, 6) is 0.804. The topological polar surface area (TPSA) is 33.1 Å². The fourth-order valence-corrected chi connectivity index (χ4v) is 4.00. The number of likely N-dealkylation sites (tertiary alicyclic amines) is 1. The average molecular weight is 312 g/mol. The summed E-state index contributed by atoms with van der Waals surface area (Å²) in [4.78, 5) is 2.41. The Labute approximate surface area is 138 Å². The fraction of sp³-hybridized carbons (Fsp3) is 0.632. The maximum absolute atomic E-state index is 4.90. The van der Waals surface area contributed by atoms with Gasteiger partial charge in [0.2, 0.25) is 0 Å². The standard InChI is InChI=1S/C19H28N4/c1-14-3-6-18(20-12-14)15-4-5-16-13-23(21-19(16)11-15)17-7-9-22(2)10-8-17/h4-5,11,13-14,17-18,20H,3,6-10,12H2,1-2H3. The molecule has 1 aromatic heterocycles. The minimum Gasteiger partial charge on any atom is -0.310 e. The van der Waals surface area contributed by atoms with E-state index in [1.807, 2.05) is 0 Å². The molecule has 3 heterocycles. The van der Waals surface area contributed by atoms with Crippen LogP contribution in [-0.2, 0) is 0 Å². The van der Waals surface area contributed by atoms with E-state index < -0.39 is 0 Å². The second kappa shape index (κ2) is 6.25. The van der Waals surface area contributed by atoms with Crippen LogP contribution >= 0.6 is 0 Å². The van der Waals surface area contributed by atoms with Gasteiger partial charge in [0.1, 0.15) is 0 Å². The number of piperidine rings is 2. The predicted octanol–water partition coefficient (Wildman–Crippen LogP) is 3.36. The highest BCUT2D eigenvalue weighted by Gasteiger charge is 2.21. The normalized spacial score (nSPS) is 27.6. The summed E-state index contributed by atoms with van der Waals surface area (Å²) in [5, 5.41) is 9.86. The molecule has 2 saturated heterocycles. The molecule has 2 aliphatic rings. The SMILES string of the molecule is CC1CCC(c2ccc3cn(C4CCN(C)CC4)nc3c2)NC1. The lowest BCUT2D eigenvalue weighted by molar-refractivity contribution is 0.213. The fourth-order valence-electron chi connectivity index (χ4n) is 4.00. The van der Waals surface area contributed by atoms with Crippen molar-refractivity contribution in [2.24, 2.45) is 5.92 Å². The predicted molar refractivity (Wildman–Crippen MR) is 94.6 cm³/mol. The van der Waals surface area contributed by atoms with Gasteiger partial charge in [-0.15, -0.1) is 0 Å². The smallest absolute Gasteiger partial charge is 0.0926 e. The Balaban J connectivity index is 1.55. The number of hydrogen-bond acceptors (Lipinski definition) is 3. The van der Waals surface area contributed by atoms with Crippen LogP contribution in [0.2, 0.25) is 0 Å². The van der Waals surface area contributed by atoms with E-state index in [-0.39, 0.29) is 0 Å². The van der Waals surface area contributed by atoms with Crippen LogP contribution in [0.25, 0.3) is 10.9 Å². The van der Waals surface area contributed by atoms with E-state index in [1.54, 1.807) is 0 Å². The maximum Gasteiger partial charge on any atom is 0.0926 e. The second-order valence-electron chi connectivity index (χ2n) is 7.61. The Morgan fingerprint density at radius 1 is 1.13 bits per heavy atom. The zero-order valence-corrected chi connectivity index (χ0v) is 14.3. The van der Waals surface area contributed by atoms with Crippen LogP contribution in [-0.4, -0.2) is 41.4 Å². The largest absolute Gasteiger partial charge is 0.310 e. The molecule has 4 heteroatoms. The summed E-state index contributed by atoms with van der Waals surface area (Å²) < 4.78 is 2.22. The molecule has 0 saturated carbocycles. The highest BCUT2D eigenvalue weighted by molar-refractivity contribution is 5.78. The Kier molecular flexibility index (Phi) is 4.12. The third-order valence-corrected chi connectivity index (χ3v) is 5.67. The minimum atomic E-state index is 0.504. The number of fused-ring (bicyclic) bond motifs is 1. The molecule has 0 radical (unpaired) electrons. The lowest BCUT2D eigenvalue weighted by atomic mass is 9.92. The van der Waals surface area contributed by atoms with Gasteiger partial charge in [0, 0.05) is 17.6 Å². The second-order valence-corrected chi connectivity index (χ2v) is 7.61. The highest BCUT2D eigenvalue weighted by atomic mass is 15.3. The van der Waals surface area contributed by atoms with Crippen LogP contribution in [0.4, 0.5) is 0 Å². The van der Waals surface area contributed by atoms with Crippen molar-refractivity contribution in [3.63, 3.8) is 0 Å². The van der Waals surface area contributed by atoms with Gasteiger partial charge < -0.3 is 10.2 Å². The minimum absolute atomic E-state index is 0.504. The van der Waals surface area contributed by atoms with Gasteiger partial charge in [-0.05, 0) is 69.9 Å². The summed E-state index contributed by atoms with van der Waals surface area (Å²) >= 11 is 0. The number of nitrogens with one attached hydrogen (secondary N) is 1. The molecule has 2 fully saturated rings. The van der Waals surface area contributed by atoms with E-state index in [4.69, 9.17) is 5.10 Å². The highest BCUT2D eigenvalue weighted by Crippen LogP contribution is 2.29. The molecule has 0 spiro atoms. The van der Waals surface area contributed by atoms with Gasteiger partial charge in [-0.25, -0.2) is 0 Å². The molecule has 0 aliphatic carbocycles. The Morgan fingerprint density at radius 3 is 2.70 bits per heavy atom. The van der Waals surface area contributed by atoms with Crippen molar-refractivity contribution in [2.45, 2.75) is 44.7 Å². The Hall–Kier alpha value is -1.39. The Morgan fingerprint density at radius 2 is 1.96 bits per heavy atom. The molecular formula is C19H28N4. The van der Waals surface area contributed by atoms with Crippen LogP contribution in [0, 0.1) is 5.92 Å². The third-order valence-electron chi connectivity index (χ3n) is 5.67.